The van der Waals surface area contributed by atoms with Crippen molar-refractivity contribution >= 4 is 5.69 Å². The Balaban J connectivity index is 3.30. The summed E-state index contributed by atoms with van der Waals surface area (Å²) < 4.78 is 17.9. The van der Waals surface area contributed by atoms with E-state index in [2.05, 4.69) is 0 Å². The minimum absolute atomic E-state index is 0.0494. The summed E-state index contributed by atoms with van der Waals surface area (Å²) in [5.41, 5.74) is -0.364. The molecule has 0 saturated carbocycles. The second kappa shape index (κ2) is 4.37. The van der Waals surface area contributed by atoms with Crippen LogP contribution < -0.4 is 4.74 Å². The molecule has 0 fully saturated rings. The fraction of sp³-hybridized carbons (Fsp3) is 0.222. The van der Waals surface area contributed by atoms with E-state index >= 15 is 0 Å². The third-order valence-corrected chi connectivity index (χ3v) is 1.81. The Morgan fingerprint density at radius 2 is 2.33 bits per heavy atom. The Kier molecular flexibility index (Phi) is 3.18. The van der Waals surface area contributed by atoms with Crippen molar-refractivity contribution in [3.8, 4) is 11.8 Å². The Hall–Kier alpha value is -2.16. The van der Waals surface area contributed by atoms with Crippen LogP contribution in [0.3, 0.4) is 0 Å². The lowest BCUT2D eigenvalue weighted by Crippen LogP contribution is -1.98. The molecule has 0 N–H and O–H groups in total. The number of hydrogen-bond acceptors (Lipinski definition) is 4. The lowest BCUT2D eigenvalue weighted by Gasteiger charge is -2.04. The maximum absolute atomic E-state index is 13.2. The predicted octanol–water partition coefficient (Wildman–Crippen LogP) is 1.81. The van der Waals surface area contributed by atoms with E-state index in [1.165, 1.54) is 7.11 Å². The fourth-order valence-corrected chi connectivity index (χ4v) is 1.11. The molecule has 0 unspecified atom stereocenters. The fourth-order valence-electron chi connectivity index (χ4n) is 1.11. The molecule has 1 aromatic rings. The highest BCUT2D eigenvalue weighted by molar-refractivity contribution is 5.49. The van der Waals surface area contributed by atoms with Gasteiger partial charge in [-0.1, -0.05) is 0 Å². The average molecular weight is 210 g/mol. The van der Waals surface area contributed by atoms with Gasteiger partial charge in [-0.15, -0.1) is 0 Å². The van der Waals surface area contributed by atoms with Crippen molar-refractivity contribution in [3.05, 3.63) is 33.6 Å². The molecule has 0 saturated heterocycles. The Labute approximate surface area is 84.9 Å². The second-order valence-corrected chi connectivity index (χ2v) is 2.71. The first kappa shape index (κ1) is 10.9. The number of methoxy groups -OCH3 is 1. The highest BCUT2D eigenvalue weighted by Crippen LogP contribution is 2.29. The number of nitrogens with zero attached hydrogens (tertiary/aromatic N) is 2. The van der Waals surface area contributed by atoms with Crippen molar-refractivity contribution in [2.24, 2.45) is 0 Å². The number of nitro groups is 1. The summed E-state index contributed by atoms with van der Waals surface area (Å²) in [7, 11) is 1.25. The molecule has 5 nitrogen and oxygen atoms in total. The van der Waals surface area contributed by atoms with Gasteiger partial charge in [0.15, 0.2) is 5.75 Å². The van der Waals surface area contributed by atoms with Gasteiger partial charge in [0.25, 0.3) is 0 Å². The Morgan fingerprint density at radius 1 is 1.67 bits per heavy atom. The van der Waals surface area contributed by atoms with Crippen molar-refractivity contribution in [1.82, 2.24) is 0 Å². The number of ether oxygens (including phenoxy) is 1. The van der Waals surface area contributed by atoms with Crippen LogP contribution in [0.25, 0.3) is 0 Å². The molecule has 1 rings (SSSR count). The predicted molar refractivity (Wildman–Crippen MR) is 48.9 cm³/mol. The molecule has 0 aliphatic carbocycles. The van der Waals surface area contributed by atoms with Crippen molar-refractivity contribution in [3.63, 3.8) is 0 Å². The van der Waals surface area contributed by atoms with Gasteiger partial charge in [-0.05, 0) is 6.07 Å². The normalized spacial score (nSPS) is 9.40. The molecular weight excluding hydrogens is 203 g/mol. The van der Waals surface area contributed by atoms with Crippen LogP contribution in [0.1, 0.15) is 5.56 Å². The SMILES string of the molecule is COc1cc(CC#N)c(F)cc1[N+](=O)[O-]. The van der Waals surface area contributed by atoms with E-state index in [0.29, 0.717) is 0 Å². The average Bonchev–Trinajstić information content (AvgIpc) is 2.20. The van der Waals surface area contributed by atoms with Gasteiger partial charge in [0.05, 0.1) is 30.6 Å². The van der Waals surface area contributed by atoms with Gasteiger partial charge in [0.2, 0.25) is 0 Å². The highest BCUT2D eigenvalue weighted by Gasteiger charge is 2.18. The van der Waals surface area contributed by atoms with E-state index in [1.807, 2.05) is 0 Å². The molecule has 0 aliphatic heterocycles. The first-order valence-corrected chi connectivity index (χ1v) is 3.98. The van der Waals surface area contributed by atoms with Gasteiger partial charge in [-0.2, -0.15) is 5.26 Å². The summed E-state index contributed by atoms with van der Waals surface area (Å²) in [5, 5.41) is 18.9. The van der Waals surface area contributed by atoms with Crippen molar-refractivity contribution < 1.29 is 14.1 Å². The van der Waals surface area contributed by atoms with Gasteiger partial charge in [-0.3, -0.25) is 10.1 Å². The monoisotopic (exact) mass is 210 g/mol. The van der Waals surface area contributed by atoms with E-state index in [0.717, 1.165) is 12.1 Å². The van der Waals surface area contributed by atoms with Crippen LogP contribution in [0.2, 0.25) is 0 Å². The molecule has 0 radical (unpaired) electrons. The van der Waals surface area contributed by atoms with Gasteiger partial charge >= 0.3 is 5.69 Å². The van der Waals surface area contributed by atoms with Crippen LogP contribution in [0.5, 0.6) is 5.75 Å². The third-order valence-electron chi connectivity index (χ3n) is 1.81. The van der Waals surface area contributed by atoms with E-state index in [4.69, 9.17) is 10.00 Å². The maximum Gasteiger partial charge on any atom is 0.313 e. The van der Waals surface area contributed by atoms with E-state index in [1.54, 1.807) is 6.07 Å². The number of nitriles is 1. The second-order valence-electron chi connectivity index (χ2n) is 2.71. The summed E-state index contributed by atoms with van der Waals surface area (Å²) >= 11 is 0. The highest BCUT2D eigenvalue weighted by atomic mass is 19.1. The molecule has 0 heterocycles. The van der Waals surface area contributed by atoms with Crippen LogP contribution in [0.15, 0.2) is 12.1 Å². The number of rotatable bonds is 3. The van der Waals surface area contributed by atoms with Gasteiger partial charge in [0, 0.05) is 5.56 Å². The lowest BCUT2D eigenvalue weighted by molar-refractivity contribution is -0.386. The molecule has 0 spiro atoms. The van der Waals surface area contributed by atoms with Crippen LogP contribution >= 0.6 is 0 Å². The number of nitro benzene ring substituents is 1. The zero-order chi connectivity index (χ0) is 11.4. The van der Waals surface area contributed by atoms with Crippen molar-refractivity contribution in [1.29, 1.82) is 5.26 Å². The number of halogens is 1. The van der Waals surface area contributed by atoms with Crippen LogP contribution in [0, 0.1) is 27.3 Å². The van der Waals surface area contributed by atoms with E-state index < -0.39 is 16.4 Å². The van der Waals surface area contributed by atoms with Crippen LogP contribution in [-0.4, -0.2) is 12.0 Å². The molecule has 0 amide bonds. The lowest BCUT2D eigenvalue weighted by atomic mass is 10.1. The molecule has 78 valence electrons. The number of hydrogen-bond donors (Lipinski definition) is 0. The first-order chi connectivity index (χ1) is 7.10. The summed E-state index contributed by atoms with van der Waals surface area (Å²) in [5.74, 6) is -0.823. The summed E-state index contributed by atoms with van der Waals surface area (Å²) in [6, 6.07) is 3.68. The molecule has 0 atom stereocenters. The summed E-state index contributed by atoms with van der Waals surface area (Å²) in [4.78, 5) is 9.76. The molecular formula is C9H7FN2O3. The molecule has 0 aromatic heterocycles. The van der Waals surface area contributed by atoms with Crippen molar-refractivity contribution in [2.75, 3.05) is 7.11 Å². The minimum Gasteiger partial charge on any atom is -0.490 e. The molecule has 0 bridgehead atoms. The molecule has 15 heavy (non-hydrogen) atoms. The van der Waals surface area contributed by atoms with E-state index in [9.17, 15) is 14.5 Å². The standard InChI is InChI=1S/C9H7FN2O3/c1-15-9-4-6(2-3-11)7(10)5-8(9)12(13)14/h4-5H,2H2,1H3. The summed E-state index contributed by atoms with van der Waals surface area (Å²) in [6.07, 6.45) is -0.153. The van der Waals surface area contributed by atoms with Gasteiger partial charge in [0.1, 0.15) is 5.82 Å². The Bertz CT molecular complexity index is 440. The van der Waals surface area contributed by atoms with Gasteiger partial charge in [-0.25, -0.2) is 4.39 Å². The smallest absolute Gasteiger partial charge is 0.313 e. The first-order valence-electron chi connectivity index (χ1n) is 3.98. The minimum atomic E-state index is -0.774. The maximum atomic E-state index is 13.2. The van der Waals surface area contributed by atoms with Crippen molar-refractivity contribution in [2.45, 2.75) is 6.42 Å². The molecule has 0 aliphatic rings. The summed E-state index contributed by atoms with van der Waals surface area (Å²) in [6.45, 7) is 0. The number of benzene rings is 1. The van der Waals surface area contributed by atoms with Gasteiger partial charge < -0.3 is 4.74 Å². The van der Waals surface area contributed by atoms with Crippen LogP contribution in [-0.2, 0) is 6.42 Å². The zero-order valence-corrected chi connectivity index (χ0v) is 7.86. The Morgan fingerprint density at radius 3 is 2.80 bits per heavy atom. The topological polar surface area (TPSA) is 76.2 Å². The quantitative estimate of drug-likeness (QED) is 0.563. The third kappa shape index (κ3) is 2.20. The largest absolute Gasteiger partial charge is 0.490 e. The van der Waals surface area contributed by atoms with E-state index in [-0.39, 0.29) is 17.7 Å². The van der Waals surface area contributed by atoms with Crippen LogP contribution in [0.4, 0.5) is 10.1 Å². The molecule has 6 heteroatoms. The zero-order valence-electron chi connectivity index (χ0n) is 7.86. The molecule has 1 aromatic carbocycles.